The molecule has 2 aromatic rings. The van der Waals surface area contributed by atoms with Gasteiger partial charge in [-0.05, 0) is 81.4 Å². The van der Waals surface area contributed by atoms with Crippen LogP contribution in [0.4, 0.5) is 0 Å². The van der Waals surface area contributed by atoms with Crippen molar-refractivity contribution < 1.29 is 14.3 Å². The number of ether oxygens (including phenoxy) is 1. The van der Waals surface area contributed by atoms with E-state index >= 15 is 0 Å². The van der Waals surface area contributed by atoms with Gasteiger partial charge in [0.2, 0.25) is 11.8 Å². The van der Waals surface area contributed by atoms with Crippen LogP contribution in [0.2, 0.25) is 0 Å². The highest BCUT2D eigenvalue weighted by Gasteiger charge is 2.37. The quantitative estimate of drug-likeness (QED) is 0.557. The summed E-state index contributed by atoms with van der Waals surface area (Å²) in [6.07, 6.45) is 7.45. The van der Waals surface area contributed by atoms with E-state index in [0.29, 0.717) is 61.8 Å². The van der Waals surface area contributed by atoms with Crippen LogP contribution in [-0.2, 0) is 22.7 Å². The molecule has 2 amide bonds. The zero-order valence-corrected chi connectivity index (χ0v) is 22.3. The fourth-order valence-electron chi connectivity index (χ4n) is 6.27. The lowest BCUT2D eigenvalue weighted by Gasteiger charge is -2.38. The van der Waals surface area contributed by atoms with Gasteiger partial charge in [-0.2, -0.15) is 0 Å². The van der Waals surface area contributed by atoms with E-state index in [4.69, 9.17) is 4.74 Å². The van der Waals surface area contributed by atoms with Crippen molar-refractivity contribution in [3.8, 4) is 5.75 Å². The van der Waals surface area contributed by atoms with Crippen molar-refractivity contribution in [2.45, 2.75) is 64.5 Å². The molecule has 1 aromatic heterocycles. The first-order valence-corrected chi connectivity index (χ1v) is 14.3. The summed E-state index contributed by atoms with van der Waals surface area (Å²) in [5, 5.41) is 0.521. The van der Waals surface area contributed by atoms with E-state index in [0.717, 1.165) is 51.4 Å². The Bertz CT molecular complexity index is 1340. The number of carbonyl (C=O) groups is 2. The molecule has 204 valence electrons. The minimum absolute atomic E-state index is 0.0129. The number of benzene rings is 1. The Hall–Kier alpha value is -3.10. The second-order valence-corrected chi connectivity index (χ2v) is 11.8. The van der Waals surface area contributed by atoms with Crippen LogP contribution in [0.1, 0.15) is 51.4 Å². The fourth-order valence-corrected chi connectivity index (χ4v) is 6.27. The zero-order chi connectivity index (χ0) is 26.4. The Morgan fingerprint density at radius 1 is 0.763 bits per heavy atom. The highest BCUT2D eigenvalue weighted by molar-refractivity contribution is 5.82. The molecule has 1 aromatic carbocycles. The standard InChI is InChI=1S/C29H38N4O5/c1-38-23-10-11-25-24(16-23)28(36)33(29(37)32(25)17-19-2-3-19)18-20-4-6-21(7-5-20)26(34)30-12-14-31(15-13-30)27(35)22-8-9-22/h10-11,16,19-22H,2-9,12-15,17-18H2,1H3/t20-,21-. The molecule has 0 radical (unpaired) electrons. The van der Waals surface area contributed by atoms with Crippen molar-refractivity contribution >= 4 is 22.7 Å². The minimum Gasteiger partial charge on any atom is -0.497 e. The molecule has 3 aliphatic carbocycles. The summed E-state index contributed by atoms with van der Waals surface area (Å²) in [4.78, 5) is 56.3. The third kappa shape index (κ3) is 4.99. The van der Waals surface area contributed by atoms with E-state index in [1.807, 2.05) is 15.9 Å². The maximum atomic E-state index is 13.5. The van der Waals surface area contributed by atoms with Gasteiger partial charge in [-0.15, -0.1) is 0 Å². The Labute approximate surface area is 222 Å². The van der Waals surface area contributed by atoms with Crippen molar-refractivity contribution in [1.29, 1.82) is 0 Å². The van der Waals surface area contributed by atoms with E-state index in [-0.39, 0.29) is 40.8 Å². The summed E-state index contributed by atoms with van der Waals surface area (Å²) in [5.74, 6) is 1.96. The van der Waals surface area contributed by atoms with Crippen LogP contribution in [0, 0.1) is 23.7 Å². The van der Waals surface area contributed by atoms with Crippen molar-refractivity contribution in [3.05, 3.63) is 39.0 Å². The normalized spacial score (nSPS) is 24.0. The Kier molecular flexibility index (Phi) is 6.78. The van der Waals surface area contributed by atoms with E-state index in [1.165, 1.54) is 4.57 Å². The van der Waals surface area contributed by atoms with Crippen LogP contribution in [-0.4, -0.2) is 64.0 Å². The largest absolute Gasteiger partial charge is 0.497 e. The van der Waals surface area contributed by atoms with E-state index in [2.05, 4.69) is 0 Å². The zero-order valence-electron chi connectivity index (χ0n) is 22.3. The first kappa shape index (κ1) is 25.2. The topological polar surface area (TPSA) is 93.8 Å². The second-order valence-electron chi connectivity index (χ2n) is 11.8. The summed E-state index contributed by atoms with van der Waals surface area (Å²) < 4.78 is 8.55. The van der Waals surface area contributed by atoms with Gasteiger partial charge in [-0.25, -0.2) is 4.79 Å². The molecule has 0 unspecified atom stereocenters. The van der Waals surface area contributed by atoms with Crippen molar-refractivity contribution in [2.24, 2.45) is 23.7 Å². The third-order valence-electron chi connectivity index (χ3n) is 9.04. The maximum Gasteiger partial charge on any atom is 0.331 e. The lowest BCUT2D eigenvalue weighted by atomic mass is 9.81. The van der Waals surface area contributed by atoms with Gasteiger partial charge in [0.15, 0.2) is 0 Å². The molecule has 0 N–H and O–H groups in total. The van der Waals surface area contributed by atoms with Crippen LogP contribution in [0.25, 0.3) is 10.9 Å². The van der Waals surface area contributed by atoms with Gasteiger partial charge in [-0.3, -0.25) is 23.5 Å². The molecule has 4 aliphatic rings. The molecule has 4 fully saturated rings. The molecule has 1 aliphatic heterocycles. The van der Waals surface area contributed by atoms with E-state index in [9.17, 15) is 19.2 Å². The van der Waals surface area contributed by atoms with Crippen molar-refractivity contribution in [2.75, 3.05) is 33.3 Å². The van der Waals surface area contributed by atoms with Gasteiger partial charge in [0.05, 0.1) is 18.0 Å². The Balaban J connectivity index is 1.11. The van der Waals surface area contributed by atoms with Crippen molar-refractivity contribution in [1.82, 2.24) is 18.9 Å². The number of carbonyl (C=O) groups excluding carboxylic acids is 2. The molecule has 1 saturated heterocycles. The van der Waals surface area contributed by atoms with Crippen LogP contribution < -0.4 is 16.0 Å². The number of piperazine rings is 1. The average Bonchev–Trinajstić information content (AvgIpc) is 3.88. The Morgan fingerprint density at radius 2 is 1.26 bits per heavy atom. The number of methoxy groups -OCH3 is 1. The monoisotopic (exact) mass is 522 g/mol. The van der Waals surface area contributed by atoms with Gasteiger partial charge in [0, 0.05) is 51.1 Å². The molecular weight excluding hydrogens is 484 g/mol. The van der Waals surface area contributed by atoms with Crippen molar-refractivity contribution in [3.63, 3.8) is 0 Å². The highest BCUT2D eigenvalue weighted by atomic mass is 16.5. The predicted octanol–water partition coefficient (Wildman–Crippen LogP) is 2.47. The molecule has 6 rings (SSSR count). The second kappa shape index (κ2) is 10.2. The molecule has 2 heterocycles. The summed E-state index contributed by atoms with van der Waals surface area (Å²) in [7, 11) is 1.58. The van der Waals surface area contributed by atoms with Crippen LogP contribution in [0.5, 0.6) is 5.75 Å². The number of hydrogen-bond donors (Lipinski definition) is 0. The SMILES string of the molecule is COc1ccc2c(c1)c(=O)n(C[C@H]1CC[C@H](C(=O)N3CCN(C(=O)C4CC4)CC3)CC1)c(=O)n2CC1CC1. The van der Waals surface area contributed by atoms with Crippen LogP contribution in [0.15, 0.2) is 27.8 Å². The molecule has 3 saturated carbocycles. The van der Waals surface area contributed by atoms with E-state index < -0.39 is 0 Å². The van der Waals surface area contributed by atoms with Gasteiger partial charge >= 0.3 is 5.69 Å². The molecule has 9 nitrogen and oxygen atoms in total. The van der Waals surface area contributed by atoms with Gasteiger partial charge < -0.3 is 14.5 Å². The average molecular weight is 523 g/mol. The Morgan fingerprint density at radius 3 is 1.76 bits per heavy atom. The van der Waals surface area contributed by atoms with Crippen LogP contribution in [0.3, 0.4) is 0 Å². The number of amides is 2. The summed E-state index contributed by atoms with van der Waals surface area (Å²) >= 11 is 0. The molecule has 0 atom stereocenters. The summed E-state index contributed by atoms with van der Waals surface area (Å²) in [6, 6.07) is 5.37. The minimum atomic E-state index is -0.257. The lowest BCUT2D eigenvalue weighted by molar-refractivity contribution is -0.143. The summed E-state index contributed by atoms with van der Waals surface area (Å²) in [6.45, 7) is 3.54. The first-order valence-electron chi connectivity index (χ1n) is 14.3. The molecule has 0 bridgehead atoms. The lowest BCUT2D eigenvalue weighted by Crippen LogP contribution is -2.52. The van der Waals surface area contributed by atoms with E-state index in [1.54, 1.807) is 23.8 Å². The number of fused-ring (bicyclic) bond motifs is 1. The molecule has 38 heavy (non-hydrogen) atoms. The van der Waals surface area contributed by atoms with Gasteiger partial charge in [0.1, 0.15) is 5.75 Å². The number of aromatic nitrogens is 2. The smallest absolute Gasteiger partial charge is 0.331 e. The van der Waals surface area contributed by atoms with Gasteiger partial charge in [0.25, 0.3) is 5.56 Å². The fraction of sp³-hybridized carbons (Fsp3) is 0.655. The van der Waals surface area contributed by atoms with Crippen LogP contribution >= 0.6 is 0 Å². The number of nitrogens with zero attached hydrogens (tertiary/aromatic N) is 4. The molecular formula is C29H38N4O5. The van der Waals surface area contributed by atoms with Gasteiger partial charge in [-0.1, -0.05) is 0 Å². The maximum absolute atomic E-state index is 13.5. The molecule has 0 spiro atoms. The molecule has 9 heteroatoms. The third-order valence-corrected chi connectivity index (χ3v) is 9.04. The number of hydrogen-bond acceptors (Lipinski definition) is 5. The first-order chi connectivity index (χ1) is 18.4. The summed E-state index contributed by atoms with van der Waals surface area (Å²) in [5.41, 5.74) is 0.196. The number of rotatable bonds is 7. The highest BCUT2D eigenvalue weighted by Crippen LogP contribution is 2.34. The predicted molar refractivity (Wildman–Crippen MR) is 143 cm³/mol.